The summed E-state index contributed by atoms with van der Waals surface area (Å²) in [5, 5.41) is 1.02. The highest BCUT2D eigenvalue weighted by Gasteiger charge is 2.44. The van der Waals surface area contributed by atoms with Gasteiger partial charge in [0.25, 0.3) is 0 Å². The number of carbonyl (C=O) groups excluding carboxylic acids is 2. The highest BCUT2D eigenvalue weighted by molar-refractivity contribution is 7.93. The summed E-state index contributed by atoms with van der Waals surface area (Å²) < 4.78 is 47.4. The molecule has 186 valence electrons. The van der Waals surface area contributed by atoms with Gasteiger partial charge in [0.05, 0.1) is 38.6 Å². The Balaban J connectivity index is 2.12. The molecule has 0 aromatic carbocycles. The molecule has 33 heavy (non-hydrogen) atoms. The van der Waals surface area contributed by atoms with Crippen LogP contribution in [0.3, 0.4) is 0 Å². The van der Waals surface area contributed by atoms with Gasteiger partial charge in [-0.25, -0.2) is 17.9 Å². The first-order chi connectivity index (χ1) is 15.7. The van der Waals surface area contributed by atoms with E-state index in [0.717, 1.165) is 12.0 Å². The highest BCUT2D eigenvalue weighted by Crippen LogP contribution is 2.34. The van der Waals surface area contributed by atoms with Crippen molar-refractivity contribution in [2.75, 3.05) is 39.4 Å². The molecule has 1 aliphatic rings. The molecule has 2 rings (SSSR count). The van der Waals surface area contributed by atoms with Crippen molar-refractivity contribution >= 4 is 40.0 Å². The fourth-order valence-corrected chi connectivity index (χ4v) is 5.15. The number of carbonyl (C=O) groups is 2. The van der Waals surface area contributed by atoms with E-state index in [1.54, 1.807) is 6.26 Å². The number of hydroxylamine groups is 1. The lowest BCUT2D eigenvalue weighted by molar-refractivity contribution is -0.246. The standard InChI is InChI=1S/C17H27N5O9S2/c1-27-13-8-14(28-2)20-16(19-13)21-17(24)22-33(25,26)12-7-10(9-18-30-31-32-4)5-6-11(12)15(23)29-3/h8,10-12,18H,5-7,9H2,1-4H3,(H2,19,20,21,22,24). The Kier molecular flexibility index (Phi) is 10.4. The summed E-state index contributed by atoms with van der Waals surface area (Å²) in [5.41, 5.74) is 2.59. The Morgan fingerprint density at radius 2 is 1.82 bits per heavy atom. The van der Waals surface area contributed by atoms with Crippen molar-refractivity contribution in [2.45, 2.75) is 24.5 Å². The van der Waals surface area contributed by atoms with Crippen molar-refractivity contribution in [2.24, 2.45) is 11.8 Å². The SMILES string of the molecule is COC(=O)C1CCC(CNOOSC)CC1S(=O)(=O)NC(=O)Nc1nc(OC)cc(OC)n1. The van der Waals surface area contributed by atoms with Crippen LogP contribution in [-0.2, 0) is 28.9 Å². The average Bonchev–Trinajstić information content (AvgIpc) is 2.80. The number of nitrogens with one attached hydrogen (secondary N) is 3. The van der Waals surface area contributed by atoms with Crippen LogP contribution in [0.1, 0.15) is 19.3 Å². The Bertz CT molecular complexity index is 896. The van der Waals surface area contributed by atoms with E-state index >= 15 is 0 Å². The van der Waals surface area contributed by atoms with Crippen LogP contribution in [0.25, 0.3) is 0 Å². The maximum absolute atomic E-state index is 13.0. The first-order valence-corrected chi connectivity index (χ1v) is 12.4. The van der Waals surface area contributed by atoms with E-state index in [1.165, 1.54) is 27.4 Å². The van der Waals surface area contributed by atoms with Crippen LogP contribution in [0.5, 0.6) is 11.8 Å². The molecule has 0 bridgehead atoms. The maximum atomic E-state index is 13.0. The molecule has 0 aliphatic heterocycles. The zero-order valence-corrected chi connectivity index (χ0v) is 20.2. The Labute approximate surface area is 195 Å². The number of aromatic nitrogens is 2. The van der Waals surface area contributed by atoms with Crippen molar-refractivity contribution in [1.29, 1.82) is 0 Å². The summed E-state index contributed by atoms with van der Waals surface area (Å²) in [6.45, 7) is 0.282. The average molecular weight is 510 g/mol. The highest BCUT2D eigenvalue weighted by atomic mass is 32.2. The molecule has 0 radical (unpaired) electrons. The van der Waals surface area contributed by atoms with E-state index in [4.69, 9.17) is 19.2 Å². The number of urea groups is 1. The molecule has 1 saturated carbocycles. The fourth-order valence-electron chi connectivity index (χ4n) is 3.37. The van der Waals surface area contributed by atoms with Crippen LogP contribution in [0.2, 0.25) is 0 Å². The van der Waals surface area contributed by atoms with E-state index in [9.17, 15) is 18.0 Å². The van der Waals surface area contributed by atoms with Gasteiger partial charge in [0.15, 0.2) is 0 Å². The molecule has 1 aliphatic carbocycles. The number of esters is 1. The van der Waals surface area contributed by atoms with Gasteiger partial charge in [-0.2, -0.15) is 15.4 Å². The Morgan fingerprint density at radius 1 is 1.15 bits per heavy atom. The van der Waals surface area contributed by atoms with Gasteiger partial charge in [0.2, 0.25) is 27.7 Å². The Morgan fingerprint density at radius 3 is 2.39 bits per heavy atom. The number of anilines is 1. The van der Waals surface area contributed by atoms with E-state index in [0.29, 0.717) is 6.42 Å². The number of sulfonamides is 1. The van der Waals surface area contributed by atoms with Crippen LogP contribution < -0.4 is 25.0 Å². The minimum absolute atomic E-state index is 0.0848. The second-order valence-corrected chi connectivity index (χ2v) is 9.26. The molecular formula is C17H27N5O9S2. The summed E-state index contributed by atoms with van der Waals surface area (Å²) in [7, 11) is -0.396. The van der Waals surface area contributed by atoms with Crippen molar-refractivity contribution in [3.05, 3.63) is 6.07 Å². The molecule has 0 saturated heterocycles. The topological polar surface area (TPSA) is 176 Å². The molecule has 14 nitrogen and oxygen atoms in total. The lowest BCUT2D eigenvalue weighted by atomic mass is 9.81. The second-order valence-electron chi connectivity index (χ2n) is 6.89. The molecule has 1 aromatic rings. The zero-order valence-electron chi connectivity index (χ0n) is 18.5. The lowest BCUT2D eigenvalue weighted by Gasteiger charge is -2.33. The summed E-state index contributed by atoms with van der Waals surface area (Å²) in [6, 6.07) is 0.274. The Hall–Kier alpha value is -2.40. The molecule has 1 heterocycles. The lowest BCUT2D eigenvalue weighted by Crippen LogP contribution is -2.49. The first kappa shape index (κ1) is 26.8. The number of amides is 2. The summed E-state index contributed by atoms with van der Waals surface area (Å²) in [6.07, 6.45) is 2.55. The zero-order chi connectivity index (χ0) is 24.4. The predicted octanol–water partition coefficient (Wildman–Crippen LogP) is 0.634. The number of hydrogen-bond donors (Lipinski definition) is 3. The summed E-state index contributed by atoms with van der Waals surface area (Å²) >= 11 is 0.990. The van der Waals surface area contributed by atoms with Crippen LogP contribution >= 0.6 is 12.0 Å². The molecule has 3 N–H and O–H groups in total. The summed E-state index contributed by atoms with van der Waals surface area (Å²) in [4.78, 5) is 37.2. The normalized spacial score (nSPS) is 20.5. The van der Waals surface area contributed by atoms with Crippen molar-refractivity contribution < 1.29 is 41.5 Å². The largest absolute Gasteiger partial charge is 0.481 e. The van der Waals surface area contributed by atoms with Crippen molar-refractivity contribution in [1.82, 2.24) is 20.2 Å². The monoisotopic (exact) mass is 509 g/mol. The molecule has 1 aromatic heterocycles. The molecule has 3 atom stereocenters. The van der Waals surface area contributed by atoms with E-state index in [1.807, 2.05) is 4.72 Å². The summed E-state index contributed by atoms with van der Waals surface area (Å²) in [5.74, 6) is -1.80. The third kappa shape index (κ3) is 7.85. The van der Waals surface area contributed by atoms with E-state index in [-0.39, 0.29) is 43.0 Å². The molecular weight excluding hydrogens is 482 g/mol. The molecule has 1 fully saturated rings. The molecule has 3 unspecified atom stereocenters. The third-order valence-corrected chi connectivity index (χ3v) is 6.89. The molecule has 0 spiro atoms. The van der Waals surface area contributed by atoms with E-state index < -0.39 is 33.2 Å². The number of methoxy groups -OCH3 is 3. The van der Waals surface area contributed by atoms with Gasteiger partial charge in [0, 0.05) is 24.8 Å². The van der Waals surface area contributed by atoms with Crippen molar-refractivity contribution in [3.63, 3.8) is 0 Å². The van der Waals surface area contributed by atoms with Crippen LogP contribution in [0.15, 0.2) is 6.07 Å². The van der Waals surface area contributed by atoms with Gasteiger partial charge < -0.3 is 14.2 Å². The van der Waals surface area contributed by atoms with Crippen LogP contribution in [0, 0.1) is 11.8 Å². The number of hydrogen-bond acceptors (Lipinski definition) is 13. The van der Waals surface area contributed by atoms with Gasteiger partial charge >= 0.3 is 12.0 Å². The molecule has 2 amide bonds. The van der Waals surface area contributed by atoms with Gasteiger partial charge in [0.1, 0.15) is 0 Å². The van der Waals surface area contributed by atoms with Gasteiger partial charge in [-0.05, 0) is 25.2 Å². The quantitative estimate of drug-likeness (QED) is 0.125. The van der Waals surface area contributed by atoms with Crippen LogP contribution in [-0.4, -0.2) is 69.8 Å². The van der Waals surface area contributed by atoms with Crippen molar-refractivity contribution in [3.8, 4) is 11.8 Å². The minimum Gasteiger partial charge on any atom is -0.481 e. The third-order valence-electron chi connectivity index (χ3n) is 4.89. The van der Waals surface area contributed by atoms with Crippen LogP contribution in [0.4, 0.5) is 10.7 Å². The number of nitrogens with zero attached hydrogens (tertiary/aromatic N) is 2. The second kappa shape index (κ2) is 12.7. The number of rotatable bonds is 11. The predicted molar refractivity (Wildman–Crippen MR) is 117 cm³/mol. The fraction of sp³-hybridized carbons (Fsp3) is 0.647. The minimum atomic E-state index is -4.29. The smallest absolute Gasteiger partial charge is 0.335 e. The first-order valence-electron chi connectivity index (χ1n) is 9.70. The van der Waals surface area contributed by atoms with E-state index in [2.05, 4.69) is 25.1 Å². The van der Waals surface area contributed by atoms with Gasteiger partial charge in [-0.3, -0.25) is 10.1 Å². The maximum Gasteiger partial charge on any atom is 0.335 e. The van der Waals surface area contributed by atoms with Gasteiger partial charge in [-0.1, -0.05) is 0 Å². The molecule has 16 heteroatoms. The van der Waals surface area contributed by atoms with Gasteiger partial charge in [-0.15, -0.1) is 9.32 Å². The number of ether oxygens (including phenoxy) is 3.